The first-order chi connectivity index (χ1) is 8.15. The van der Waals surface area contributed by atoms with E-state index in [0.29, 0.717) is 17.1 Å². The van der Waals surface area contributed by atoms with Crippen molar-refractivity contribution >= 4 is 17.4 Å². The van der Waals surface area contributed by atoms with E-state index in [2.05, 4.69) is 17.2 Å². The standard InChI is InChI=1S/C12H20N4O/c1-2-3-4-5-6-15-12-10(11(14)17)7-9(13)8-16-12/h7-8H,2-6,13H2,1H3,(H2,14,17)(H,15,16). The fraction of sp³-hybridized carbons (Fsp3) is 0.500. The van der Waals surface area contributed by atoms with Gasteiger partial charge in [0, 0.05) is 6.54 Å². The molecule has 5 nitrogen and oxygen atoms in total. The summed E-state index contributed by atoms with van der Waals surface area (Å²) in [6, 6.07) is 1.55. The average Bonchev–Trinajstić information content (AvgIpc) is 2.30. The Balaban J connectivity index is 2.55. The summed E-state index contributed by atoms with van der Waals surface area (Å²) in [5.74, 6) is 0.00376. The van der Waals surface area contributed by atoms with Crippen LogP contribution >= 0.6 is 0 Å². The van der Waals surface area contributed by atoms with E-state index in [0.717, 1.165) is 13.0 Å². The second-order valence-corrected chi connectivity index (χ2v) is 4.02. The topological polar surface area (TPSA) is 94.0 Å². The molecule has 0 bridgehead atoms. The third kappa shape index (κ3) is 4.30. The van der Waals surface area contributed by atoms with Crippen molar-refractivity contribution in [3.05, 3.63) is 17.8 Å². The summed E-state index contributed by atoms with van der Waals surface area (Å²) in [6.07, 6.45) is 6.16. The highest BCUT2D eigenvalue weighted by Gasteiger charge is 2.09. The number of aromatic nitrogens is 1. The molecule has 5 heteroatoms. The molecule has 1 aromatic rings. The van der Waals surface area contributed by atoms with E-state index < -0.39 is 5.91 Å². The fourth-order valence-corrected chi connectivity index (χ4v) is 1.57. The number of hydrogen-bond donors (Lipinski definition) is 3. The number of nitrogens with two attached hydrogens (primary N) is 2. The molecule has 5 N–H and O–H groups in total. The second kappa shape index (κ2) is 6.73. The van der Waals surface area contributed by atoms with E-state index in [4.69, 9.17) is 11.5 Å². The Morgan fingerprint density at radius 2 is 2.18 bits per heavy atom. The summed E-state index contributed by atoms with van der Waals surface area (Å²) < 4.78 is 0. The van der Waals surface area contributed by atoms with Gasteiger partial charge in [-0.15, -0.1) is 0 Å². The number of nitrogen functional groups attached to an aromatic ring is 1. The Kier molecular flexibility index (Phi) is 5.26. The van der Waals surface area contributed by atoms with E-state index in [9.17, 15) is 4.79 Å². The summed E-state index contributed by atoms with van der Waals surface area (Å²) >= 11 is 0. The summed E-state index contributed by atoms with van der Waals surface area (Å²) in [5.41, 5.74) is 11.6. The molecule has 0 fully saturated rings. The number of pyridine rings is 1. The number of nitrogens with one attached hydrogen (secondary N) is 1. The molecular weight excluding hydrogens is 216 g/mol. The summed E-state index contributed by atoms with van der Waals surface area (Å²) in [6.45, 7) is 2.96. The summed E-state index contributed by atoms with van der Waals surface area (Å²) in [5, 5.41) is 3.11. The van der Waals surface area contributed by atoms with Crippen LogP contribution in [-0.4, -0.2) is 17.4 Å². The monoisotopic (exact) mass is 236 g/mol. The van der Waals surface area contributed by atoms with Crippen molar-refractivity contribution in [2.75, 3.05) is 17.6 Å². The van der Waals surface area contributed by atoms with Crippen LogP contribution in [0.25, 0.3) is 0 Å². The lowest BCUT2D eigenvalue weighted by atomic mass is 10.2. The molecule has 1 rings (SSSR count). The van der Waals surface area contributed by atoms with Gasteiger partial charge in [0.2, 0.25) is 0 Å². The molecule has 17 heavy (non-hydrogen) atoms. The highest BCUT2D eigenvalue weighted by Crippen LogP contribution is 2.15. The Hall–Kier alpha value is -1.78. The summed E-state index contributed by atoms with van der Waals surface area (Å²) in [4.78, 5) is 15.3. The molecule has 0 spiro atoms. The molecule has 0 radical (unpaired) electrons. The number of carbonyl (C=O) groups excluding carboxylic acids is 1. The maximum atomic E-state index is 11.2. The lowest BCUT2D eigenvalue weighted by Crippen LogP contribution is -2.16. The van der Waals surface area contributed by atoms with Crippen LogP contribution < -0.4 is 16.8 Å². The van der Waals surface area contributed by atoms with Crippen LogP contribution in [0.5, 0.6) is 0 Å². The number of primary amides is 1. The second-order valence-electron chi connectivity index (χ2n) is 4.02. The molecule has 0 aliphatic carbocycles. The van der Waals surface area contributed by atoms with Gasteiger partial charge < -0.3 is 16.8 Å². The first-order valence-corrected chi connectivity index (χ1v) is 5.94. The Labute approximate surface area is 102 Å². The zero-order valence-corrected chi connectivity index (χ0v) is 10.2. The lowest BCUT2D eigenvalue weighted by Gasteiger charge is -2.09. The number of rotatable bonds is 7. The molecule has 0 aromatic carbocycles. The van der Waals surface area contributed by atoms with E-state index in [1.54, 1.807) is 6.07 Å². The molecular formula is C12H20N4O. The van der Waals surface area contributed by atoms with Crippen molar-refractivity contribution in [2.45, 2.75) is 32.6 Å². The normalized spacial score (nSPS) is 10.2. The number of nitrogens with zero attached hydrogens (tertiary/aromatic N) is 1. The predicted molar refractivity (Wildman–Crippen MR) is 69.8 cm³/mol. The Bertz CT molecular complexity index is 379. The van der Waals surface area contributed by atoms with Crippen molar-refractivity contribution in [2.24, 2.45) is 5.73 Å². The van der Waals surface area contributed by atoms with Crippen LogP contribution in [0.1, 0.15) is 43.0 Å². The third-order valence-electron chi connectivity index (χ3n) is 2.50. The molecule has 1 aromatic heterocycles. The Morgan fingerprint density at radius 3 is 2.82 bits per heavy atom. The fourth-order valence-electron chi connectivity index (χ4n) is 1.57. The van der Waals surface area contributed by atoms with Crippen LogP contribution in [0, 0.1) is 0 Å². The zero-order valence-electron chi connectivity index (χ0n) is 10.2. The van der Waals surface area contributed by atoms with Gasteiger partial charge in [-0.25, -0.2) is 4.98 Å². The first-order valence-electron chi connectivity index (χ1n) is 5.94. The number of hydrogen-bond acceptors (Lipinski definition) is 4. The highest BCUT2D eigenvalue weighted by molar-refractivity contribution is 5.98. The largest absolute Gasteiger partial charge is 0.397 e. The minimum absolute atomic E-state index is 0.348. The number of unbranched alkanes of at least 4 members (excludes halogenated alkanes) is 3. The molecule has 1 heterocycles. The van der Waals surface area contributed by atoms with Gasteiger partial charge in [-0.2, -0.15) is 0 Å². The van der Waals surface area contributed by atoms with Gasteiger partial charge in [-0.05, 0) is 12.5 Å². The van der Waals surface area contributed by atoms with Gasteiger partial charge in [-0.3, -0.25) is 4.79 Å². The SMILES string of the molecule is CCCCCCNc1ncc(N)cc1C(N)=O. The quantitative estimate of drug-likeness (QED) is 0.629. The highest BCUT2D eigenvalue weighted by atomic mass is 16.1. The maximum Gasteiger partial charge on any atom is 0.252 e. The van der Waals surface area contributed by atoms with Gasteiger partial charge in [0.1, 0.15) is 5.82 Å². The van der Waals surface area contributed by atoms with Gasteiger partial charge in [0.05, 0.1) is 17.4 Å². The molecule has 0 aliphatic heterocycles. The van der Waals surface area contributed by atoms with Crippen molar-refractivity contribution in [3.63, 3.8) is 0 Å². The van der Waals surface area contributed by atoms with Crippen LogP contribution in [0.2, 0.25) is 0 Å². The van der Waals surface area contributed by atoms with E-state index in [1.807, 2.05) is 0 Å². The molecule has 1 amide bonds. The van der Waals surface area contributed by atoms with Crippen molar-refractivity contribution in [1.29, 1.82) is 0 Å². The van der Waals surface area contributed by atoms with Crippen molar-refractivity contribution in [1.82, 2.24) is 4.98 Å². The van der Waals surface area contributed by atoms with Crippen LogP contribution in [0.15, 0.2) is 12.3 Å². The zero-order chi connectivity index (χ0) is 12.7. The van der Waals surface area contributed by atoms with E-state index in [1.165, 1.54) is 25.5 Å². The minimum atomic E-state index is -0.513. The van der Waals surface area contributed by atoms with E-state index in [-0.39, 0.29) is 0 Å². The van der Waals surface area contributed by atoms with Crippen molar-refractivity contribution < 1.29 is 4.79 Å². The molecule has 0 atom stereocenters. The van der Waals surface area contributed by atoms with Gasteiger partial charge in [0.25, 0.3) is 5.91 Å². The number of carbonyl (C=O) groups is 1. The third-order valence-corrected chi connectivity index (χ3v) is 2.50. The number of anilines is 2. The smallest absolute Gasteiger partial charge is 0.252 e. The summed E-state index contributed by atoms with van der Waals surface area (Å²) in [7, 11) is 0. The van der Waals surface area contributed by atoms with Gasteiger partial charge >= 0.3 is 0 Å². The number of amides is 1. The lowest BCUT2D eigenvalue weighted by molar-refractivity contribution is 0.100. The van der Waals surface area contributed by atoms with Crippen LogP contribution in [-0.2, 0) is 0 Å². The van der Waals surface area contributed by atoms with Gasteiger partial charge in [0.15, 0.2) is 0 Å². The molecule has 0 saturated heterocycles. The van der Waals surface area contributed by atoms with Gasteiger partial charge in [-0.1, -0.05) is 26.2 Å². The van der Waals surface area contributed by atoms with Crippen LogP contribution in [0.4, 0.5) is 11.5 Å². The van der Waals surface area contributed by atoms with Crippen LogP contribution in [0.3, 0.4) is 0 Å². The average molecular weight is 236 g/mol. The Morgan fingerprint density at radius 1 is 1.41 bits per heavy atom. The minimum Gasteiger partial charge on any atom is -0.397 e. The molecule has 94 valence electrons. The van der Waals surface area contributed by atoms with Crippen molar-refractivity contribution in [3.8, 4) is 0 Å². The van der Waals surface area contributed by atoms with E-state index >= 15 is 0 Å². The molecule has 0 saturated carbocycles. The molecule has 0 unspecified atom stereocenters. The molecule has 0 aliphatic rings. The first kappa shape index (κ1) is 13.3. The maximum absolute atomic E-state index is 11.2. The predicted octanol–water partition coefficient (Wildman–Crippen LogP) is 1.75.